The van der Waals surface area contributed by atoms with Crippen molar-refractivity contribution >= 4 is 21.8 Å². The molecule has 1 N–H and O–H groups in total. The summed E-state index contributed by atoms with van der Waals surface area (Å²) in [5.41, 5.74) is 0.370. The Hall–Kier alpha value is -1.47. The lowest BCUT2D eigenvalue weighted by Gasteiger charge is -2.04. The van der Waals surface area contributed by atoms with E-state index in [4.69, 9.17) is 0 Å². The number of amides is 1. The van der Waals surface area contributed by atoms with E-state index in [9.17, 15) is 17.1 Å². The van der Waals surface area contributed by atoms with Crippen molar-refractivity contribution in [2.45, 2.75) is 4.90 Å². The third-order valence-electron chi connectivity index (χ3n) is 1.70. The van der Waals surface area contributed by atoms with Crippen molar-refractivity contribution in [1.82, 2.24) is 0 Å². The Kier molecular flexibility index (Phi) is 3.97. The first kappa shape index (κ1) is 12.6. The van der Waals surface area contributed by atoms with Gasteiger partial charge in [0.25, 0.3) is 0 Å². The number of methoxy groups -OCH3 is 1. The molecule has 88 valence electrons. The van der Waals surface area contributed by atoms with Gasteiger partial charge in [-0.15, -0.1) is 3.89 Å². The second-order valence-corrected chi connectivity index (χ2v) is 4.29. The first-order valence-electron chi connectivity index (χ1n) is 4.27. The Morgan fingerprint density at radius 1 is 1.38 bits per heavy atom. The molecule has 0 bridgehead atoms. The minimum Gasteiger partial charge on any atom is -0.375 e. The molecule has 1 aromatic rings. The fraction of sp³-hybridized carbons (Fsp3) is 0.222. The van der Waals surface area contributed by atoms with Gasteiger partial charge in [0.05, 0.1) is 4.90 Å². The molecule has 0 radical (unpaired) electrons. The summed E-state index contributed by atoms with van der Waals surface area (Å²) in [5.74, 6) is -0.377. The van der Waals surface area contributed by atoms with E-state index in [2.05, 4.69) is 10.1 Å². The zero-order valence-electron chi connectivity index (χ0n) is 8.44. The molecule has 1 rings (SSSR count). The second kappa shape index (κ2) is 5.04. The number of anilines is 1. The average molecular weight is 247 g/mol. The third-order valence-corrected chi connectivity index (χ3v) is 2.53. The van der Waals surface area contributed by atoms with Crippen molar-refractivity contribution in [1.29, 1.82) is 0 Å². The maximum atomic E-state index is 12.5. The number of carbonyl (C=O) groups is 1. The minimum atomic E-state index is -4.70. The summed E-state index contributed by atoms with van der Waals surface area (Å²) in [6, 6.07) is 4.72. The van der Waals surface area contributed by atoms with Gasteiger partial charge in [-0.3, -0.25) is 4.79 Å². The molecular weight excluding hydrogens is 237 g/mol. The highest BCUT2D eigenvalue weighted by atomic mass is 32.3. The Bertz CT molecular complexity index is 469. The van der Waals surface area contributed by atoms with Crippen LogP contribution in [0.1, 0.15) is 0 Å². The summed E-state index contributed by atoms with van der Waals surface area (Å²) in [4.78, 5) is 10.6. The molecule has 0 aliphatic heterocycles. The third kappa shape index (κ3) is 3.59. The Labute approximate surface area is 92.4 Å². The number of hydrogen-bond donors (Lipinski definition) is 1. The second-order valence-electron chi connectivity index (χ2n) is 2.94. The summed E-state index contributed by atoms with van der Waals surface area (Å²) < 4.78 is 38.1. The van der Waals surface area contributed by atoms with Crippen LogP contribution < -0.4 is 5.32 Å². The molecule has 0 aromatic heterocycles. The van der Waals surface area contributed by atoms with Crippen molar-refractivity contribution in [3.8, 4) is 0 Å². The van der Waals surface area contributed by atoms with Gasteiger partial charge in [-0.25, -0.2) is 0 Å². The number of carbonyl (C=O) groups excluding carboxylic acids is 1. The van der Waals surface area contributed by atoms with Crippen LogP contribution in [0, 0.1) is 0 Å². The Morgan fingerprint density at radius 2 is 1.94 bits per heavy atom. The number of benzene rings is 1. The smallest absolute Gasteiger partial charge is 0.332 e. The van der Waals surface area contributed by atoms with E-state index in [0.29, 0.717) is 5.69 Å². The summed E-state index contributed by atoms with van der Waals surface area (Å²) in [5, 5.41) is 2.44. The zero-order chi connectivity index (χ0) is 12.2. The highest BCUT2D eigenvalue weighted by Crippen LogP contribution is 2.15. The summed E-state index contributed by atoms with van der Waals surface area (Å²) in [7, 11) is -3.32. The molecule has 16 heavy (non-hydrogen) atoms. The van der Waals surface area contributed by atoms with Crippen molar-refractivity contribution < 1.29 is 21.8 Å². The normalized spacial score (nSPS) is 11.1. The minimum absolute atomic E-state index is 0.108. The molecule has 0 aliphatic carbocycles. The molecule has 0 spiro atoms. The largest absolute Gasteiger partial charge is 0.375 e. The lowest BCUT2D eigenvalue weighted by atomic mass is 10.3. The number of ether oxygens (including phenoxy) is 1. The summed E-state index contributed by atoms with van der Waals surface area (Å²) >= 11 is 0. The van der Waals surface area contributed by atoms with Crippen LogP contribution in [-0.4, -0.2) is 28.0 Å². The van der Waals surface area contributed by atoms with E-state index >= 15 is 0 Å². The monoisotopic (exact) mass is 247 g/mol. The van der Waals surface area contributed by atoms with Crippen LogP contribution in [0.2, 0.25) is 0 Å². The molecule has 1 amide bonds. The van der Waals surface area contributed by atoms with Gasteiger partial charge in [0.2, 0.25) is 5.91 Å². The van der Waals surface area contributed by atoms with Gasteiger partial charge in [0.1, 0.15) is 6.61 Å². The number of hydrogen-bond acceptors (Lipinski definition) is 4. The van der Waals surface area contributed by atoms with Crippen LogP contribution >= 0.6 is 0 Å². The predicted molar refractivity (Wildman–Crippen MR) is 55.2 cm³/mol. The molecular formula is C9H10FNO4S. The SMILES string of the molecule is COCC(=O)Nc1ccc(S(=O)(=O)F)cc1. The molecule has 0 saturated heterocycles. The van der Waals surface area contributed by atoms with Crippen LogP contribution in [0.25, 0.3) is 0 Å². The number of halogens is 1. The van der Waals surface area contributed by atoms with Gasteiger partial charge in [-0.1, -0.05) is 0 Å². The quantitative estimate of drug-likeness (QED) is 0.803. The first-order chi connectivity index (χ1) is 7.43. The topological polar surface area (TPSA) is 72.5 Å². The standard InChI is InChI=1S/C9H10FNO4S/c1-15-6-9(12)11-7-2-4-8(5-3-7)16(10,13)14/h2-5H,6H2,1H3,(H,11,12). The maximum Gasteiger partial charge on any atom is 0.332 e. The van der Waals surface area contributed by atoms with Crippen molar-refractivity contribution in [2.75, 3.05) is 19.0 Å². The van der Waals surface area contributed by atoms with Crippen LogP contribution in [0.5, 0.6) is 0 Å². The van der Waals surface area contributed by atoms with Gasteiger partial charge in [-0.2, -0.15) is 8.42 Å². The highest BCUT2D eigenvalue weighted by Gasteiger charge is 2.11. The van der Waals surface area contributed by atoms with E-state index in [1.54, 1.807) is 0 Å². The van der Waals surface area contributed by atoms with Gasteiger partial charge in [0.15, 0.2) is 0 Å². The molecule has 5 nitrogen and oxygen atoms in total. The summed E-state index contributed by atoms with van der Waals surface area (Å²) in [6.07, 6.45) is 0. The Balaban J connectivity index is 2.76. The molecule has 0 atom stereocenters. The molecule has 0 saturated carbocycles. The average Bonchev–Trinajstić information content (AvgIpc) is 2.17. The first-order valence-corrected chi connectivity index (χ1v) is 5.65. The predicted octanol–water partition coefficient (Wildman–Crippen LogP) is 0.930. The molecule has 0 aliphatic rings. The van der Waals surface area contributed by atoms with E-state index in [-0.39, 0.29) is 12.5 Å². The molecule has 0 heterocycles. The van der Waals surface area contributed by atoms with Crippen LogP contribution in [0.4, 0.5) is 9.57 Å². The molecule has 1 aromatic carbocycles. The lowest BCUT2D eigenvalue weighted by Crippen LogP contribution is -2.16. The van der Waals surface area contributed by atoms with Crippen LogP contribution in [-0.2, 0) is 19.8 Å². The fourth-order valence-corrected chi connectivity index (χ4v) is 1.49. The Morgan fingerprint density at radius 3 is 2.38 bits per heavy atom. The van der Waals surface area contributed by atoms with E-state index in [1.807, 2.05) is 0 Å². The van der Waals surface area contributed by atoms with Crippen molar-refractivity contribution in [3.63, 3.8) is 0 Å². The highest BCUT2D eigenvalue weighted by molar-refractivity contribution is 7.86. The maximum absolute atomic E-state index is 12.5. The van der Waals surface area contributed by atoms with E-state index < -0.39 is 15.1 Å². The van der Waals surface area contributed by atoms with Crippen LogP contribution in [0.3, 0.4) is 0 Å². The zero-order valence-corrected chi connectivity index (χ0v) is 9.25. The van der Waals surface area contributed by atoms with Crippen LogP contribution in [0.15, 0.2) is 29.2 Å². The van der Waals surface area contributed by atoms with E-state index in [0.717, 1.165) is 12.1 Å². The van der Waals surface area contributed by atoms with Gasteiger partial charge >= 0.3 is 10.2 Å². The molecule has 0 unspecified atom stereocenters. The van der Waals surface area contributed by atoms with E-state index in [1.165, 1.54) is 19.2 Å². The molecule has 7 heteroatoms. The summed E-state index contributed by atoms with van der Waals surface area (Å²) in [6.45, 7) is -0.108. The molecule has 0 fully saturated rings. The van der Waals surface area contributed by atoms with Crippen molar-refractivity contribution in [2.24, 2.45) is 0 Å². The number of nitrogens with one attached hydrogen (secondary N) is 1. The van der Waals surface area contributed by atoms with Gasteiger partial charge in [0, 0.05) is 12.8 Å². The fourth-order valence-electron chi connectivity index (χ4n) is 1.03. The van der Waals surface area contributed by atoms with Crippen molar-refractivity contribution in [3.05, 3.63) is 24.3 Å². The van der Waals surface area contributed by atoms with Gasteiger partial charge < -0.3 is 10.1 Å². The number of rotatable bonds is 4. The lowest BCUT2D eigenvalue weighted by molar-refractivity contribution is -0.119. The van der Waals surface area contributed by atoms with Gasteiger partial charge in [-0.05, 0) is 24.3 Å².